The molecule has 1 heterocycles. The van der Waals surface area contributed by atoms with Crippen molar-refractivity contribution in [1.29, 1.82) is 0 Å². The van der Waals surface area contributed by atoms with Crippen molar-refractivity contribution in [1.82, 2.24) is 0 Å². The van der Waals surface area contributed by atoms with Crippen LogP contribution in [0.4, 0.5) is 0 Å². The van der Waals surface area contributed by atoms with E-state index in [4.69, 9.17) is 29.0 Å². The molecule has 1 aliphatic rings. The molecule has 13 heteroatoms. The Morgan fingerprint density at radius 1 is 0.852 bits per heavy atom. The van der Waals surface area contributed by atoms with Crippen LogP contribution in [-0.4, -0.2) is 83.3 Å². The van der Waals surface area contributed by atoms with Crippen LogP contribution in [-0.2, 0) is 32.6 Å². The predicted molar refractivity (Wildman–Crippen MR) is 213 cm³/mol. The Hall–Kier alpha value is -1.60. The summed E-state index contributed by atoms with van der Waals surface area (Å²) in [6.45, 7) is 3.81. The van der Waals surface area contributed by atoms with Crippen LogP contribution in [0.2, 0.25) is 0 Å². The highest BCUT2D eigenvalue weighted by molar-refractivity contribution is 7.47. The van der Waals surface area contributed by atoms with Crippen LogP contribution in [0.15, 0.2) is 36.6 Å². The Balaban J connectivity index is 2.45. The van der Waals surface area contributed by atoms with Gasteiger partial charge in [0.25, 0.3) is 0 Å². The molecule has 0 radical (unpaired) electrons. The lowest BCUT2D eigenvalue weighted by Gasteiger charge is -2.36. The Labute approximate surface area is 326 Å². The van der Waals surface area contributed by atoms with Crippen molar-refractivity contribution in [2.75, 3.05) is 26.4 Å². The molecule has 1 aliphatic heterocycles. The number of hydrogen-bond donors (Lipinski definition) is 5. The van der Waals surface area contributed by atoms with E-state index in [9.17, 15) is 29.6 Å². The van der Waals surface area contributed by atoms with E-state index in [1.54, 1.807) is 18.4 Å². The molecule has 0 amide bonds. The first kappa shape index (κ1) is 50.4. The van der Waals surface area contributed by atoms with Gasteiger partial charge in [0.2, 0.25) is 0 Å². The molecular formula is C41H76NO11P. The van der Waals surface area contributed by atoms with Gasteiger partial charge in [0.15, 0.2) is 12.4 Å². The maximum absolute atomic E-state index is 12.7. The molecule has 0 aromatic rings. The molecule has 6 N–H and O–H groups in total. The van der Waals surface area contributed by atoms with Gasteiger partial charge in [0.1, 0.15) is 6.61 Å². The lowest BCUT2D eigenvalue weighted by Crippen LogP contribution is -2.43. The van der Waals surface area contributed by atoms with Crippen LogP contribution in [0.1, 0.15) is 155 Å². The molecule has 0 aromatic carbocycles. The molecule has 2 unspecified atom stereocenters. The minimum atomic E-state index is -4.37. The van der Waals surface area contributed by atoms with Gasteiger partial charge in [-0.1, -0.05) is 128 Å². The minimum Gasteiger partial charge on any atom is -0.498 e. The molecule has 54 heavy (non-hydrogen) atoms. The average Bonchev–Trinajstić information content (AvgIpc) is 3.14. The molecule has 0 bridgehead atoms. The topological polar surface area (TPSA) is 187 Å². The number of aliphatic hydroxyl groups excluding tert-OH is 3. The summed E-state index contributed by atoms with van der Waals surface area (Å²) in [5.41, 5.74) is 5.35. The molecular weight excluding hydrogens is 713 g/mol. The lowest BCUT2D eigenvalue weighted by atomic mass is 9.87. The smallest absolute Gasteiger partial charge is 0.472 e. The lowest BCUT2D eigenvalue weighted by molar-refractivity contribution is -0.199. The highest BCUT2D eigenvalue weighted by Gasteiger charge is 2.35. The monoisotopic (exact) mass is 790 g/mol. The van der Waals surface area contributed by atoms with E-state index < -0.39 is 44.5 Å². The number of carbonyl (C=O) groups is 1. The molecule has 0 spiro atoms. The molecule has 0 saturated carbocycles. The van der Waals surface area contributed by atoms with E-state index >= 15 is 0 Å². The van der Waals surface area contributed by atoms with E-state index in [1.165, 1.54) is 70.6 Å². The fourth-order valence-electron chi connectivity index (χ4n) is 6.24. The van der Waals surface area contributed by atoms with Crippen LogP contribution in [0, 0.1) is 5.92 Å². The Morgan fingerprint density at radius 2 is 1.48 bits per heavy atom. The number of rotatable bonds is 35. The highest BCUT2D eigenvalue weighted by Crippen LogP contribution is 2.43. The number of aliphatic hydroxyl groups is 3. The standard InChI is InChI=1S/C41H76NO11P/c1-3-5-7-8-9-10-11-12-13-14-15-16-19-23-30-49-33-36(34-51-54(47,48)50-31-29-42)52-40(45)26-22-18-17-21-25-37-38(44)32-41(46)53-39(37)28-27-35(43)24-20-6-4-2/h17,21,23,27-28,30,35-39,41,43-44,46H,3-16,18-20,22,24-26,29,31-34,42H2,1-2H3,(H,47,48)/b21-17-,28-27+,30-23-/t35-,36+,37-,38-,39+,41?/m0/s1. The third-order valence-corrected chi connectivity index (χ3v) is 10.4. The molecule has 1 fully saturated rings. The third kappa shape index (κ3) is 27.9. The van der Waals surface area contributed by atoms with Crippen molar-refractivity contribution < 1.29 is 52.8 Å². The summed E-state index contributed by atoms with van der Waals surface area (Å²) in [6.07, 6.45) is 28.7. The highest BCUT2D eigenvalue weighted by atomic mass is 31.2. The second kappa shape index (κ2) is 33.5. The van der Waals surface area contributed by atoms with Crippen LogP contribution >= 0.6 is 7.82 Å². The number of allylic oxidation sites excluding steroid dienone is 3. The maximum atomic E-state index is 12.7. The Morgan fingerprint density at radius 3 is 2.15 bits per heavy atom. The fourth-order valence-corrected chi connectivity index (χ4v) is 7.00. The summed E-state index contributed by atoms with van der Waals surface area (Å²) in [4.78, 5) is 22.6. The number of hydrogen-bond acceptors (Lipinski definition) is 11. The zero-order valence-electron chi connectivity index (χ0n) is 33.5. The molecule has 0 aromatic heterocycles. The Bertz CT molecular complexity index is 1040. The summed E-state index contributed by atoms with van der Waals surface area (Å²) in [6, 6.07) is 0. The van der Waals surface area contributed by atoms with Crippen molar-refractivity contribution >= 4 is 13.8 Å². The van der Waals surface area contributed by atoms with Gasteiger partial charge in [-0.3, -0.25) is 13.8 Å². The zero-order valence-corrected chi connectivity index (χ0v) is 34.4. The second-order valence-corrected chi connectivity index (χ2v) is 15.9. The van der Waals surface area contributed by atoms with E-state index in [2.05, 4.69) is 13.8 Å². The molecule has 12 nitrogen and oxygen atoms in total. The summed E-state index contributed by atoms with van der Waals surface area (Å²) in [5, 5.41) is 30.9. The largest absolute Gasteiger partial charge is 0.498 e. The van der Waals surface area contributed by atoms with Crippen molar-refractivity contribution in [3.63, 3.8) is 0 Å². The molecule has 316 valence electrons. The second-order valence-electron chi connectivity index (χ2n) is 14.5. The van der Waals surface area contributed by atoms with Gasteiger partial charge >= 0.3 is 13.8 Å². The average molecular weight is 790 g/mol. The number of phosphoric ester groups is 1. The van der Waals surface area contributed by atoms with E-state index in [0.717, 1.165) is 32.1 Å². The predicted octanol–water partition coefficient (Wildman–Crippen LogP) is 8.31. The van der Waals surface area contributed by atoms with Crippen molar-refractivity contribution in [3.8, 4) is 0 Å². The Kier molecular flexibility index (Phi) is 31.3. The molecule has 1 saturated heterocycles. The van der Waals surface area contributed by atoms with Gasteiger partial charge in [-0.25, -0.2) is 4.57 Å². The van der Waals surface area contributed by atoms with E-state index in [1.807, 2.05) is 18.2 Å². The van der Waals surface area contributed by atoms with Gasteiger partial charge < -0.3 is 40.2 Å². The summed E-state index contributed by atoms with van der Waals surface area (Å²) in [5.74, 6) is -0.783. The van der Waals surface area contributed by atoms with Gasteiger partial charge in [0.05, 0.1) is 37.8 Å². The fraction of sp³-hybridized carbons (Fsp3) is 0.829. The molecule has 7 atom stereocenters. The maximum Gasteiger partial charge on any atom is 0.472 e. The van der Waals surface area contributed by atoms with Crippen LogP contribution in [0.5, 0.6) is 0 Å². The molecule has 1 rings (SSSR count). The van der Waals surface area contributed by atoms with Crippen molar-refractivity contribution in [2.45, 2.75) is 186 Å². The molecule has 0 aliphatic carbocycles. The quantitative estimate of drug-likeness (QED) is 0.0136. The summed E-state index contributed by atoms with van der Waals surface area (Å²) < 4.78 is 38.8. The van der Waals surface area contributed by atoms with Crippen molar-refractivity contribution in [2.24, 2.45) is 11.7 Å². The summed E-state index contributed by atoms with van der Waals surface area (Å²) >= 11 is 0. The number of phosphoric acid groups is 1. The zero-order chi connectivity index (χ0) is 39.7. The van der Waals surface area contributed by atoms with Gasteiger partial charge in [-0.15, -0.1) is 0 Å². The SMILES string of the molecule is CCCCCCCCCCCCCC/C=C\OC[C@H](COP(=O)(O)OCCN)OC(=O)CCC/C=C\C[C@H]1[C@@H](O)CC(O)O[C@@H]1/C=C/[C@@H](O)CCCCC. The van der Waals surface area contributed by atoms with Crippen molar-refractivity contribution in [3.05, 3.63) is 36.6 Å². The van der Waals surface area contributed by atoms with Gasteiger partial charge in [0, 0.05) is 25.3 Å². The van der Waals surface area contributed by atoms with Crippen LogP contribution < -0.4 is 5.73 Å². The van der Waals surface area contributed by atoms with Crippen LogP contribution in [0.3, 0.4) is 0 Å². The van der Waals surface area contributed by atoms with Gasteiger partial charge in [-0.2, -0.15) is 0 Å². The number of unbranched alkanes of at least 4 members (excludes halogenated alkanes) is 15. The van der Waals surface area contributed by atoms with Crippen LogP contribution in [0.25, 0.3) is 0 Å². The number of nitrogens with two attached hydrogens (primary N) is 1. The minimum absolute atomic E-state index is 0.0486. The first-order valence-corrected chi connectivity index (χ1v) is 22.4. The number of ether oxygens (including phenoxy) is 3. The van der Waals surface area contributed by atoms with E-state index in [-0.39, 0.29) is 45.1 Å². The number of esters is 1. The first-order valence-electron chi connectivity index (χ1n) is 20.9. The summed E-state index contributed by atoms with van der Waals surface area (Å²) in [7, 11) is -4.37. The third-order valence-electron chi connectivity index (χ3n) is 9.42. The normalized spacial score (nSPS) is 21.5. The first-order chi connectivity index (χ1) is 26.1. The van der Waals surface area contributed by atoms with E-state index in [0.29, 0.717) is 25.7 Å². The van der Waals surface area contributed by atoms with Gasteiger partial charge in [-0.05, 0) is 44.6 Å². The number of carbonyl (C=O) groups excluding carboxylic acids is 1.